The lowest BCUT2D eigenvalue weighted by molar-refractivity contribution is -0.201. The minimum atomic E-state index is -0.430. The zero-order valence-corrected chi connectivity index (χ0v) is 9.36. The Hall–Kier alpha value is -0.380. The predicted molar refractivity (Wildman–Crippen MR) is 55.4 cm³/mol. The molecule has 0 spiro atoms. The molecule has 2 saturated heterocycles. The molecule has 0 radical (unpaired) electrons. The highest BCUT2D eigenvalue weighted by molar-refractivity contribution is 5.22. The molecule has 3 atom stereocenters. The van der Waals surface area contributed by atoms with Crippen LogP contribution in [0.5, 0.6) is 0 Å². The first kappa shape index (κ1) is 9.82. The van der Waals surface area contributed by atoms with Crippen LogP contribution in [0.15, 0.2) is 11.6 Å². The number of fused-ring (bicyclic) bond motifs is 3. The Morgan fingerprint density at radius 2 is 2.20 bits per heavy atom. The van der Waals surface area contributed by atoms with Gasteiger partial charge in [-0.3, -0.25) is 0 Å². The van der Waals surface area contributed by atoms with Crippen molar-refractivity contribution < 1.29 is 14.2 Å². The number of ether oxygens (including phenoxy) is 3. The fraction of sp³-hybridized carbons (Fsp3) is 0.833. The summed E-state index contributed by atoms with van der Waals surface area (Å²) >= 11 is 0. The molecule has 3 heteroatoms. The summed E-state index contributed by atoms with van der Waals surface area (Å²) in [5.41, 5.74) is 1.38. The van der Waals surface area contributed by atoms with Crippen LogP contribution in [0.2, 0.25) is 0 Å². The van der Waals surface area contributed by atoms with Crippen LogP contribution in [0.4, 0.5) is 0 Å². The van der Waals surface area contributed by atoms with Crippen molar-refractivity contribution in [3.05, 3.63) is 11.6 Å². The van der Waals surface area contributed by atoms with E-state index in [4.69, 9.17) is 14.2 Å². The molecule has 84 valence electrons. The van der Waals surface area contributed by atoms with Crippen LogP contribution in [-0.4, -0.2) is 31.7 Å². The van der Waals surface area contributed by atoms with E-state index in [0.29, 0.717) is 24.5 Å². The average molecular weight is 210 g/mol. The van der Waals surface area contributed by atoms with Crippen LogP contribution in [-0.2, 0) is 14.2 Å². The van der Waals surface area contributed by atoms with E-state index in [1.807, 2.05) is 13.8 Å². The molecule has 2 heterocycles. The van der Waals surface area contributed by atoms with Gasteiger partial charge in [-0.15, -0.1) is 0 Å². The zero-order chi connectivity index (χ0) is 10.5. The van der Waals surface area contributed by atoms with E-state index in [1.54, 1.807) is 0 Å². The van der Waals surface area contributed by atoms with Crippen molar-refractivity contribution in [2.45, 2.75) is 32.2 Å². The Balaban J connectivity index is 1.81. The van der Waals surface area contributed by atoms with E-state index in [-0.39, 0.29) is 0 Å². The number of hydrogen-bond donors (Lipinski definition) is 0. The quantitative estimate of drug-likeness (QED) is 0.570. The molecule has 2 aliphatic heterocycles. The summed E-state index contributed by atoms with van der Waals surface area (Å²) in [5, 5.41) is 0. The van der Waals surface area contributed by atoms with Gasteiger partial charge in [0, 0.05) is 12.5 Å². The third kappa shape index (κ3) is 1.63. The molecule has 3 unspecified atom stereocenters. The molecule has 0 bridgehead atoms. The highest BCUT2D eigenvalue weighted by atomic mass is 16.7. The minimum absolute atomic E-state index is 0.332. The molecule has 0 aromatic rings. The smallest absolute Gasteiger partial charge is 0.163 e. The molecule has 0 N–H and O–H groups in total. The Morgan fingerprint density at radius 1 is 1.33 bits per heavy atom. The lowest BCUT2D eigenvalue weighted by Gasteiger charge is -2.24. The molecule has 1 aliphatic carbocycles. The number of rotatable bonds is 0. The van der Waals surface area contributed by atoms with Crippen LogP contribution in [0.25, 0.3) is 0 Å². The van der Waals surface area contributed by atoms with E-state index in [0.717, 1.165) is 13.2 Å². The van der Waals surface area contributed by atoms with Crippen molar-refractivity contribution in [1.29, 1.82) is 0 Å². The van der Waals surface area contributed by atoms with E-state index in [2.05, 4.69) is 6.08 Å². The molecule has 3 rings (SSSR count). The summed E-state index contributed by atoms with van der Waals surface area (Å²) in [6.07, 6.45) is 3.75. The third-order valence-electron chi connectivity index (χ3n) is 3.75. The van der Waals surface area contributed by atoms with E-state index >= 15 is 0 Å². The summed E-state index contributed by atoms with van der Waals surface area (Å²) in [6, 6.07) is 0. The lowest BCUT2D eigenvalue weighted by Crippen LogP contribution is -2.28. The molecule has 0 aromatic carbocycles. The zero-order valence-electron chi connectivity index (χ0n) is 9.36. The largest absolute Gasteiger partial charge is 0.374 e. The van der Waals surface area contributed by atoms with Gasteiger partial charge in [-0.1, -0.05) is 6.08 Å². The highest BCUT2D eigenvalue weighted by Crippen LogP contribution is 2.42. The Kier molecular flexibility index (Phi) is 2.16. The molecule has 3 nitrogen and oxygen atoms in total. The molecule has 0 amide bonds. The summed E-state index contributed by atoms with van der Waals surface area (Å²) in [7, 11) is 0. The Bertz CT molecular complexity index is 295. The second-order valence-electron chi connectivity index (χ2n) is 5.14. The van der Waals surface area contributed by atoms with Gasteiger partial charge in [0.2, 0.25) is 0 Å². The first-order valence-corrected chi connectivity index (χ1v) is 5.76. The second kappa shape index (κ2) is 3.30. The van der Waals surface area contributed by atoms with Crippen LogP contribution in [0, 0.1) is 11.8 Å². The summed E-state index contributed by atoms with van der Waals surface area (Å²) in [5.74, 6) is 0.733. The monoisotopic (exact) mass is 210 g/mol. The van der Waals surface area contributed by atoms with Crippen LogP contribution >= 0.6 is 0 Å². The molecule has 2 fully saturated rings. The minimum Gasteiger partial charge on any atom is -0.374 e. The van der Waals surface area contributed by atoms with Crippen molar-refractivity contribution in [3.8, 4) is 0 Å². The molecule has 0 saturated carbocycles. The SMILES string of the molecule is CC1(C)OCC2=CC3OCCC3C2CO1. The van der Waals surface area contributed by atoms with Gasteiger partial charge in [0.05, 0.1) is 19.3 Å². The summed E-state index contributed by atoms with van der Waals surface area (Å²) < 4.78 is 17.2. The molecule has 15 heavy (non-hydrogen) atoms. The maximum absolute atomic E-state index is 5.79. The Labute approximate surface area is 90.4 Å². The fourth-order valence-electron chi connectivity index (χ4n) is 2.81. The van der Waals surface area contributed by atoms with Crippen molar-refractivity contribution in [2.24, 2.45) is 11.8 Å². The van der Waals surface area contributed by atoms with Crippen LogP contribution in [0.3, 0.4) is 0 Å². The van der Waals surface area contributed by atoms with Gasteiger partial charge in [-0.25, -0.2) is 0 Å². The normalized spacial score (nSPS) is 43.1. The molecule has 0 aromatic heterocycles. The molecular weight excluding hydrogens is 192 g/mol. The average Bonchev–Trinajstić information content (AvgIpc) is 2.68. The third-order valence-corrected chi connectivity index (χ3v) is 3.75. The first-order valence-electron chi connectivity index (χ1n) is 5.76. The van der Waals surface area contributed by atoms with Gasteiger partial charge in [-0.2, -0.15) is 0 Å². The van der Waals surface area contributed by atoms with Crippen molar-refractivity contribution >= 4 is 0 Å². The molecular formula is C12H18O3. The number of hydrogen-bond acceptors (Lipinski definition) is 3. The van der Waals surface area contributed by atoms with E-state index in [9.17, 15) is 0 Å². The lowest BCUT2D eigenvalue weighted by atomic mass is 9.90. The van der Waals surface area contributed by atoms with Crippen LogP contribution in [0.1, 0.15) is 20.3 Å². The Morgan fingerprint density at radius 3 is 3.07 bits per heavy atom. The summed E-state index contributed by atoms with van der Waals surface area (Å²) in [4.78, 5) is 0. The predicted octanol–water partition coefficient (Wildman–Crippen LogP) is 1.73. The van der Waals surface area contributed by atoms with E-state index in [1.165, 1.54) is 12.0 Å². The summed E-state index contributed by atoms with van der Waals surface area (Å²) in [6.45, 7) is 6.35. The highest BCUT2D eigenvalue weighted by Gasteiger charge is 2.43. The van der Waals surface area contributed by atoms with Crippen molar-refractivity contribution in [1.82, 2.24) is 0 Å². The van der Waals surface area contributed by atoms with Gasteiger partial charge < -0.3 is 14.2 Å². The van der Waals surface area contributed by atoms with Gasteiger partial charge in [0.25, 0.3) is 0 Å². The van der Waals surface area contributed by atoms with Gasteiger partial charge >= 0.3 is 0 Å². The van der Waals surface area contributed by atoms with Gasteiger partial charge in [0.1, 0.15) is 0 Å². The van der Waals surface area contributed by atoms with Gasteiger partial charge in [-0.05, 0) is 31.8 Å². The fourth-order valence-corrected chi connectivity index (χ4v) is 2.81. The van der Waals surface area contributed by atoms with Crippen LogP contribution < -0.4 is 0 Å². The standard InChI is InChI=1S/C12H18O3/c1-12(2)14-6-8-5-11-9(3-4-13-11)10(8)7-15-12/h5,9-11H,3-4,6-7H2,1-2H3. The topological polar surface area (TPSA) is 27.7 Å². The first-order chi connectivity index (χ1) is 7.16. The molecule has 3 aliphatic rings. The maximum Gasteiger partial charge on any atom is 0.163 e. The van der Waals surface area contributed by atoms with Crippen molar-refractivity contribution in [2.75, 3.05) is 19.8 Å². The maximum atomic E-state index is 5.79. The van der Waals surface area contributed by atoms with Gasteiger partial charge in [0.15, 0.2) is 5.79 Å². The van der Waals surface area contributed by atoms with E-state index < -0.39 is 5.79 Å². The van der Waals surface area contributed by atoms with Crippen molar-refractivity contribution in [3.63, 3.8) is 0 Å². The second-order valence-corrected chi connectivity index (χ2v) is 5.14.